The molecule has 0 aliphatic heterocycles. The van der Waals surface area contributed by atoms with E-state index in [0.717, 1.165) is 21.0 Å². The van der Waals surface area contributed by atoms with Crippen LogP contribution in [0.2, 0.25) is 0 Å². The first-order valence-corrected chi connectivity index (χ1v) is 10.3. The highest BCUT2D eigenvalue weighted by molar-refractivity contribution is 8.00. The van der Waals surface area contributed by atoms with Crippen LogP contribution in [0.15, 0.2) is 57.4 Å². The second-order valence-corrected chi connectivity index (χ2v) is 8.17. The lowest BCUT2D eigenvalue weighted by Crippen LogP contribution is -1.98. The third-order valence-electron chi connectivity index (χ3n) is 3.94. The first-order chi connectivity index (χ1) is 13.7. The van der Waals surface area contributed by atoms with Crippen LogP contribution in [0.3, 0.4) is 0 Å². The molecule has 0 spiro atoms. The molecule has 2 aromatic heterocycles. The number of anilines is 1. The number of hydrogen-bond acceptors (Lipinski definition) is 8. The van der Waals surface area contributed by atoms with Crippen molar-refractivity contribution in [1.29, 1.82) is 0 Å². The Hall–Kier alpha value is -2.78. The molecule has 0 aliphatic carbocycles. The number of benzene rings is 2. The Bertz CT molecular complexity index is 1060. The second-order valence-electron chi connectivity index (χ2n) is 5.97. The van der Waals surface area contributed by atoms with Crippen molar-refractivity contribution in [1.82, 2.24) is 20.3 Å². The Morgan fingerprint density at radius 1 is 1.11 bits per heavy atom. The predicted molar refractivity (Wildman–Crippen MR) is 108 cm³/mol. The van der Waals surface area contributed by atoms with Crippen LogP contribution in [0.4, 0.5) is 9.52 Å². The average molecular weight is 414 g/mol. The fourth-order valence-electron chi connectivity index (χ4n) is 2.49. The number of rotatable bonds is 7. The minimum atomic E-state index is -0.245. The molecular weight excluding hydrogens is 397 g/mol. The van der Waals surface area contributed by atoms with Gasteiger partial charge in [-0.25, -0.2) is 4.39 Å². The van der Waals surface area contributed by atoms with Gasteiger partial charge in [0.25, 0.3) is 0 Å². The summed E-state index contributed by atoms with van der Waals surface area (Å²) in [5.74, 6) is 1.41. The maximum atomic E-state index is 12.9. The van der Waals surface area contributed by atoms with Gasteiger partial charge in [-0.05, 0) is 30.2 Å². The highest BCUT2D eigenvalue weighted by Crippen LogP contribution is 2.29. The van der Waals surface area contributed by atoms with E-state index in [4.69, 9.17) is 4.52 Å². The van der Waals surface area contributed by atoms with Crippen molar-refractivity contribution in [2.45, 2.75) is 23.6 Å². The molecule has 0 aliphatic rings. The molecule has 142 valence electrons. The van der Waals surface area contributed by atoms with E-state index in [0.29, 0.717) is 29.1 Å². The Kier molecular flexibility index (Phi) is 5.63. The molecule has 0 fully saturated rings. The molecule has 0 amide bonds. The molecule has 2 heterocycles. The van der Waals surface area contributed by atoms with E-state index in [9.17, 15) is 4.39 Å². The number of aromatic nitrogens is 4. The van der Waals surface area contributed by atoms with Crippen LogP contribution in [0.1, 0.15) is 17.0 Å². The van der Waals surface area contributed by atoms with Gasteiger partial charge in [-0.2, -0.15) is 4.98 Å². The van der Waals surface area contributed by atoms with E-state index >= 15 is 0 Å². The van der Waals surface area contributed by atoms with Gasteiger partial charge >= 0.3 is 0 Å². The summed E-state index contributed by atoms with van der Waals surface area (Å²) in [5, 5.41) is 16.2. The Balaban J connectivity index is 1.32. The zero-order valence-corrected chi connectivity index (χ0v) is 16.6. The van der Waals surface area contributed by atoms with Gasteiger partial charge in [-0.1, -0.05) is 64.7 Å². The van der Waals surface area contributed by atoms with Gasteiger partial charge in [0.1, 0.15) is 5.82 Å². The summed E-state index contributed by atoms with van der Waals surface area (Å²) in [4.78, 5) is 4.46. The normalized spacial score (nSPS) is 10.9. The maximum absolute atomic E-state index is 12.9. The SMILES string of the molecule is Cc1ccccc1-c1noc(CSc2nnc(NCc3ccc(F)cc3)s2)n1. The number of nitrogens with zero attached hydrogens (tertiary/aromatic N) is 4. The van der Waals surface area contributed by atoms with Crippen LogP contribution < -0.4 is 5.32 Å². The number of nitrogens with one attached hydrogen (secondary N) is 1. The lowest BCUT2D eigenvalue weighted by atomic mass is 10.1. The fraction of sp³-hybridized carbons (Fsp3) is 0.158. The van der Waals surface area contributed by atoms with Gasteiger partial charge in [-0.15, -0.1) is 10.2 Å². The molecule has 0 saturated carbocycles. The molecule has 0 bridgehead atoms. The third-order valence-corrected chi connectivity index (χ3v) is 5.94. The zero-order chi connectivity index (χ0) is 19.3. The molecule has 0 unspecified atom stereocenters. The van der Waals surface area contributed by atoms with E-state index in [1.807, 2.05) is 31.2 Å². The first-order valence-electron chi connectivity index (χ1n) is 8.50. The molecule has 28 heavy (non-hydrogen) atoms. The first kappa shape index (κ1) is 18.6. The highest BCUT2D eigenvalue weighted by Gasteiger charge is 2.12. The van der Waals surface area contributed by atoms with Crippen molar-refractivity contribution >= 4 is 28.2 Å². The summed E-state index contributed by atoms with van der Waals surface area (Å²) < 4.78 is 19.1. The third kappa shape index (κ3) is 4.55. The Morgan fingerprint density at radius 3 is 2.75 bits per heavy atom. The molecule has 4 rings (SSSR count). The predicted octanol–water partition coefficient (Wildman–Crippen LogP) is 4.94. The second kappa shape index (κ2) is 8.49. The van der Waals surface area contributed by atoms with Crippen molar-refractivity contribution in [3.8, 4) is 11.4 Å². The van der Waals surface area contributed by atoms with E-state index in [2.05, 4.69) is 25.7 Å². The molecule has 2 aromatic carbocycles. The van der Waals surface area contributed by atoms with Crippen LogP contribution in [0, 0.1) is 12.7 Å². The number of thioether (sulfide) groups is 1. The molecule has 1 N–H and O–H groups in total. The van der Waals surface area contributed by atoms with Crippen molar-refractivity contribution in [3.05, 3.63) is 71.4 Å². The van der Waals surface area contributed by atoms with Gasteiger partial charge in [0.15, 0.2) is 4.34 Å². The quantitative estimate of drug-likeness (QED) is 0.430. The lowest BCUT2D eigenvalue weighted by molar-refractivity contribution is 0.391. The van der Waals surface area contributed by atoms with Crippen molar-refractivity contribution in [2.24, 2.45) is 0 Å². The van der Waals surface area contributed by atoms with Gasteiger partial charge in [0.2, 0.25) is 16.8 Å². The van der Waals surface area contributed by atoms with Crippen LogP contribution >= 0.6 is 23.1 Å². The minimum Gasteiger partial charge on any atom is -0.356 e. The van der Waals surface area contributed by atoms with Gasteiger partial charge in [-0.3, -0.25) is 0 Å². The van der Waals surface area contributed by atoms with E-state index in [-0.39, 0.29) is 5.82 Å². The van der Waals surface area contributed by atoms with Crippen LogP contribution in [0.5, 0.6) is 0 Å². The Morgan fingerprint density at radius 2 is 1.93 bits per heavy atom. The van der Waals surface area contributed by atoms with Crippen molar-refractivity contribution in [3.63, 3.8) is 0 Å². The lowest BCUT2D eigenvalue weighted by Gasteiger charge is -2.01. The molecule has 0 radical (unpaired) electrons. The summed E-state index contributed by atoms with van der Waals surface area (Å²) >= 11 is 2.94. The zero-order valence-electron chi connectivity index (χ0n) is 14.9. The van der Waals surface area contributed by atoms with Crippen LogP contribution in [0.25, 0.3) is 11.4 Å². The molecule has 6 nitrogen and oxygen atoms in total. The van der Waals surface area contributed by atoms with Crippen molar-refractivity contribution < 1.29 is 8.91 Å². The fourth-order valence-corrected chi connectivity index (χ4v) is 4.07. The molecule has 4 aromatic rings. The van der Waals surface area contributed by atoms with E-state index in [1.165, 1.54) is 35.2 Å². The summed E-state index contributed by atoms with van der Waals surface area (Å²) in [7, 11) is 0. The van der Waals surface area contributed by atoms with Crippen LogP contribution in [-0.2, 0) is 12.3 Å². The number of hydrogen-bond donors (Lipinski definition) is 1. The summed E-state index contributed by atoms with van der Waals surface area (Å²) in [6, 6.07) is 14.3. The molecule has 0 saturated heterocycles. The van der Waals surface area contributed by atoms with Crippen molar-refractivity contribution in [2.75, 3.05) is 5.32 Å². The largest absolute Gasteiger partial charge is 0.356 e. The monoisotopic (exact) mass is 413 g/mol. The highest BCUT2D eigenvalue weighted by atomic mass is 32.2. The minimum absolute atomic E-state index is 0.245. The van der Waals surface area contributed by atoms with Crippen LogP contribution in [-0.4, -0.2) is 20.3 Å². The van der Waals surface area contributed by atoms with E-state index < -0.39 is 0 Å². The number of halogens is 1. The molecule has 0 atom stereocenters. The topological polar surface area (TPSA) is 76.7 Å². The maximum Gasteiger partial charge on any atom is 0.237 e. The van der Waals surface area contributed by atoms with Gasteiger partial charge in [0, 0.05) is 12.1 Å². The van der Waals surface area contributed by atoms with Gasteiger partial charge in [0.05, 0.1) is 5.75 Å². The standard InChI is InChI=1S/C19H16FN5OS2/c1-12-4-2-3-5-15(12)17-22-16(26-25-17)11-27-19-24-23-18(28-19)21-10-13-6-8-14(20)9-7-13/h2-9H,10-11H2,1H3,(H,21,23). The van der Waals surface area contributed by atoms with Gasteiger partial charge < -0.3 is 9.84 Å². The molecule has 9 heteroatoms. The smallest absolute Gasteiger partial charge is 0.237 e. The molecular formula is C19H16FN5OS2. The summed E-state index contributed by atoms with van der Waals surface area (Å²) in [6.45, 7) is 2.57. The average Bonchev–Trinajstić information content (AvgIpc) is 3.36. The number of aryl methyl sites for hydroxylation is 1. The van der Waals surface area contributed by atoms with E-state index in [1.54, 1.807) is 12.1 Å². The summed E-state index contributed by atoms with van der Waals surface area (Å²) in [6.07, 6.45) is 0. The Labute approximate surface area is 169 Å². The summed E-state index contributed by atoms with van der Waals surface area (Å²) in [5.41, 5.74) is 3.04.